The predicted molar refractivity (Wildman–Crippen MR) is 113 cm³/mol. The Morgan fingerprint density at radius 2 is 1.87 bits per heavy atom. The molecule has 0 saturated heterocycles. The van der Waals surface area contributed by atoms with Crippen LogP contribution in [0.4, 0.5) is 0 Å². The van der Waals surface area contributed by atoms with Gasteiger partial charge in [-0.25, -0.2) is 5.10 Å². The summed E-state index contributed by atoms with van der Waals surface area (Å²) >= 11 is 0. The maximum atomic E-state index is 13.0. The number of rotatable bonds is 4. The smallest absolute Gasteiger partial charge is 0.272 e. The number of amides is 1. The van der Waals surface area contributed by atoms with Gasteiger partial charge in [-0.1, -0.05) is 48.5 Å². The van der Waals surface area contributed by atoms with Crippen LogP contribution in [-0.2, 0) is 13.0 Å². The van der Waals surface area contributed by atoms with E-state index in [2.05, 4.69) is 32.7 Å². The standard InChI is InChI=1S/C23H21N5O2/c29-22-17-10-5-4-9-16(17)21(26-27-22)23(30)25-19-11-6-12-20-18(19)13-24-28(20)14-15-7-2-1-3-8-15/h1-5,7-10,13,19H,6,11-12,14H2,(H,25,30)(H,27,29)/t19-/m0/s1. The maximum Gasteiger partial charge on any atom is 0.272 e. The average Bonchev–Trinajstić information content (AvgIpc) is 3.19. The molecule has 0 spiro atoms. The number of nitrogens with zero attached hydrogens (tertiary/aromatic N) is 3. The van der Waals surface area contributed by atoms with Gasteiger partial charge in [0.05, 0.1) is 24.2 Å². The van der Waals surface area contributed by atoms with Crippen LogP contribution in [0.3, 0.4) is 0 Å². The van der Waals surface area contributed by atoms with E-state index in [0.717, 1.165) is 30.5 Å². The van der Waals surface area contributed by atoms with Crippen molar-refractivity contribution in [3.05, 3.63) is 93.7 Å². The number of carbonyl (C=O) groups excluding carboxylic acids is 1. The number of H-pyrrole nitrogens is 1. The molecule has 0 fully saturated rings. The summed E-state index contributed by atoms with van der Waals surface area (Å²) in [5.74, 6) is -0.295. The number of aromatic amines is 1. The van der Waals surface area contributed by atoms with Crippen LogP contribution in [0, 0.1) is 0 Å². The normalized spacial score (nSPS) is 15.7. The highest BCUT2D eigenvalue weighted by Crippen LogP contribution is 2.30. The minimum absolute atomic E-state index is 0.127. The monoisotopic (exact) mass is 399 g/mol. The van der Waals surface area contributed by atoms with Gasteiger partial charge in [0.2, 0.25) is 0 Å². The zero-order valence-corrected chi connectivity index (χ0v) is 16.3. The third-order valence-corrected chi connectivity index (χ3v) is 5.65. The molecule has 0 unspecified atom stereocenters. The lowest BCUT2D eigenvalue weighted by atomic mass is 9.92. The average molecular weight is 399 g/mol. The molecule has 1 aliphatic carbocycles. The molecule has 0 saturated carbocycles. The van der Waals surface area contributed by atoms with Crippen LogP contribution in [0.15, 0.2) is 65.6 Å². The number of hydrogen-bond donors (Lipinski definition) is 2. The van der Waals surface area contributed by atoms with Crippen LogP contribution in [0.2, 0.25) is 0 Å². The molecule has 2 N–H and O–H groups in total. The first-order valence-electron chi connectivity index (χ1n) is 10.1. The van der Waals surface area contributed by atoms with Gasteiger partial charge < -0.3 is 5.32 Å². The van der Waals surface area contributed by atoms with Gasteiger partial charge in [-0.05, 0) is 30.9 Å². The number of nitrogens with one attached hydrogen (secondary N) is 2. The van der Waals surface area contributed by atoms with Crippen molar-refractivity contribution >= 4 is 16.7 Å². The van der Waals surface area contributed by atoms with Gasteiger partial charge >= 0.3 is 0 Å². The van der Waals surface area contributed by atoms with E-state index in [9.17, 15) is 9.59 Å². The van der Waals surface area contributed by atoms with Crippen molar-refractivity contribution in [2.75, 3.05) is 0 Å². The molecule has 0 aliphatic heterocycles. The molecule has 30 heavy (non-hydrogen) atoms. The third-order valence-electron chi connectivity index (χ3n) is 5.65. The third kappa shape index (κ3) is 3.28. The van der Waals surface area contributed by atoms with E-state index in [1.165, 1.54) is 5.56 Å². The summed E-state index contributed by atoms with van der Waals surface area (Å²) < 4.78 is 2.02. The zero-order valence-electron chi connectivity index (χ0n) is 16.3. The highest BCUT2D eigenvalue weighted by atomic mass is 16.2. The molecule has 2 heterocycles. The molecule has 1 amide bonds. The van der Waals surface area contributed by atoms with Crippen molar-refractivity contribution in [3.8, 4) is 0 Å². The van der Waals surface area contributed by atoms with Crippen LogP contribution >= 0.6 is 0 Å². The van der Waals surface area contributed by atoms with E-state index in [1.54, 1.807) is 24.3 Å². The highest BCUT2D eigenvalue weighted by molar-refractivity contribution is 6.04. The van der Waals surface area contributed by atoms with Crippen molar-refractivity contribution < 1.29 is 4.79 Å². The molecule has 2 aromatic carbocycles. The first kappa shape index (κ1) is 18.3. The molecular formula is C23H21N5O2. The number of hydrogen-bond acceptors (Lipinski definition) is 4. The van der Waals surface area contributed by atoms with Gasteiger partial charge in [-0.2, -0.15) is 10.2 Å². The zero-order chi connectivity index (χ0) is 20.5. The Morgan fingerprint density at radius 3 is 2.70 bits per heavy atom. The molecule has 4 aromatic rings. The molecular weight excluding hydrogens is 378 g/mol. The van der Waals surface area contributed by atoms with Crippen molar-refractivity contribution in [2.45, 2.75) is 31.8 Å². The van der Waals surface area contributed by atoms with Gasteiger partial charge in [-0.3, -0.25) is 14.3 Å². The lowest BCUT2D eigenvalue weighted by Gasteiger charge is -2.24. The van der Waals surface area contributed by atoms with Gasteiger partial charge in [0, 0.05) is 16.6 Å². The maximum absolute atomic E-state index is 13.0. The summed E-state index contributed by atoms with van der Waals surface area (Å²) in [5.41, 5.74) is 3.34. The Balaban J connectivity index is 1.42. The first-order chi connectivity index (χ1) is 14.7. The largest absolute Gasteiger partial charge is 0.344 e. The molecule has 150 valence electrons. The molecule has 1 atom stereocenters. The van der Waals surface area contributed by atoms with E-state index >= 15 is 0 Å². The summed E-state index contributed by atoms with van der Waals surface area (Å²) in [6.45, 7) is 0.711. The lowest BCUT2D eigenvalue weighted by molar-refractivity contribution is 0.0928. The van der Waals surface area contributed by atoms with E-state index in [1.807, 2.05) is 29.1 Å². The Labute approximate surface area is 172 Å². The fourth-order valence-electron chi connectivity index (χ4n) is 4.18. The topological polar surface area (TPSA) is 92.7 Å². The van der Waals surface area contributed by atoms with Crippen LogP contribution in [-0.4, -0.2) is 25.9 Å². The van der Waals surface area contributed by atoms with Gasteiger partial charge in [0.25, 0.3) is 11.5 Å². The molecule has 1 aliphatic rings. The first-order valence-corrected chi connectivity index (χ1v) is 10.1. The van der Waals surface area contributed by atoms with Crippen molar-refractivity contribution in [2.24, 2.45) is 0 Å². The van der Waals surface area contributed by atoms with E-state index in [4.69, 9.17) is 0 Å². The summed E-state index contributed by atoms with van der Waals surface area (Å²) in [4.78, 5) is 25.0. The summed E-state index contributed by atoms with van der Waals surface area (Å²) in [7, 11) is 0. The van der Waals surface area contributed by atoms with Gasteiger partial charge in [0.1, 0.15) is 0 Å². The summed E-state index contributed by atoms with van der Waals surface area (Å²) in [6.07, 6.45) is 4.62. The Bertz CT molecular complexity index is 1280. The Kier molecular flexibility index (Phi) is 4.63. The fourth-order valence-corrected chi connectivity index (χ4v) is 4.18. The highest BCUT2D eigenvalue weighted by Gasteiger charge is 2.27. The predicted octanol–water partition coefficient (Wildman–Crippen LogP) is 2.98. The second kappa shape index (κ2) is 7.59. The summed E-state index contributed by atoms with van der Waals surface area (Å²) in [6, 6.07) is 17.1. The molecule has 2 aromatic heterocycles. The number of fused-ring (bicyclic) bond motifs is 2. The quantitative estimate of drug-likeness (QED) is 0.552. The van der Waals surface area contributed by atoms with Crippen molar-refractivity contribution in [1.82, 2.24) is 25.3 Å². The minimum atomic E-state index is -0.302. The van der Waals surface area contributed by atoms with Crippen molar-refractivity contribution in [3.63, 3.8) is 0 Å². The second-order valence-corrected chi connectivity index (χ2v) is 7.56. The number of benzene rings is 2. The molecule has 0 bridgehead atoms. The summed E-state index contributed by atoms with van der Waals surface area (Å²) in [5, 5.41) is 15.1. The Morgan fingerprint density at radius 1 is 1.10 bits per heavy atom. The second-order valence-electron chi connectivity index (χ2n) is 7.56. The van der Waals surface area contributed by atoms with Crippen LogP contribution < -0.4 is 10.9 Å². The SMILES string of the molecule is O=C(N[C@H]1CCCc2c1cnn2Cc1ccccc1)c1n[nH]c(=O)c2ccccc12. The van der Waals surface area contributed by atoms with Crippen LogP contribution in [0.1, 0.15) is 46.2 Å². The van der Waals surface area contributed by atoms with E-state index in [-0.39, 0.29) is 23.2 Å². The molecule has 7 nitrogen and oxygen atoms in total. The molecule has 0 radical (unpaired) electrons. The molecule has 7 heteroatoms. The van der Waals surface area contributed by atoms with Gasteiger partial charge in [-0.15, -0.1) is 0 Å². The number of aromatic nitrogens is 4. The minimum Gasteiger partial charge on any atom is -0.344 e. The molecule has 5 rings (SSSR count). The Hall–Kier alpha value is -3.74. The number of carbonyl (C=O) groups is 1. The van der Waals surface area contributed by atoms with E-state index in [0.29, 0.717) is 17.3 Å². The van der Waals surface area contributed by atoms with Crippen LogP contribution in [0.25, 0.3) is 10.8 Å². The van der Waals surface area contributed by atoms with Gasteiger partial charge in [0.15, 0.2) is 5.69 Å². The van der Waals surface area contributed by atoms with Crippen molar-refractivity contribution in [1.29, 1.82) is 0 Å². The lowest BCUT2D eigenvalue weighted by Crippen LogP contribution is -2.32. The fraction of sp³-hybridized carbons (Fsp3) is 0.217. The van der Waals surface area contributed by atoms with Crippen LogP contribution in [0.5, 0.6) is 0 Å². The van der Waals surface area contributed by atoms with E-state index < -0.39 is 0 Å².